The van der Waals surface area contributed by atoms with Crippen molar-refractivity contribution in [3.05, 3.63) is 33.8 Å². The molecular formula is C12H15Cl2NO. The van der Waals surface area contributed by atoms with Gasteiger partial charge in [-0.3, -0.25) is 0 Å². The third-order valence-corrected chi connectivity index (χ3v) is 3.72. The second-order valence-corrected chi connectivity index (χ2v) is 4.96. The summed E-state index contributed by atoms with van der Waals surface area (Å²) in [4.78, 5) is 0. The maximum atomic E-state index is 6.06. The van der Waals surface area contributed by atoms with Gasteiger partial charge in [-0.15, -0.1) is 0 Å². The van der Waals surface area contributed by atoms with E-state index < -0.39 is 0 Å². The van der Waals surface area contributed by atoms with Crippen LogP contribution in [0, 0.1) is 0 Å². The monoisotopic (exact) mass is 259 g/mol. The van der Waals surface area contributed by atoms with Gasteiger partial charge >= 0.3 is 0 Å². The molecule has 2 atom stereocenters. The van der Waals surface area contributed by atoms with Crippen molar-refractivity contribution in [1.29, 1.82) is 0 Å². The lowest BCUT2D eigenvalue weighted by Crippen LogP contribution is -2.31. The van der Waals surface area contributed by atoms with Crippen molar-refractivity contribution in [3.63, 3.8) is 0 Å². The number of hydrogen-bond acceptors (Lipinski definition) is 2. The Morgan fingerprint density at radius 2 is 1.94 bits per heavy atom. The molecule has 16 heavy (non-hydrogen) atoms. The molecule has 4 heteroatoms. The average Bonchev–Trinajstić information content (AvgIpc) is 2.64. The quantitative estimate of drug-likeness (QED) is 0.904. The SMILES string of the molecule is NC1CCCC1OCc1c(Cl)cccc1Cl. The van der Waals surface area contributed by atoms with Crippen molar-refractivity contribution in [2.24, 2.45) is 5.73 Å². The highest BCUT2D eigenvalue weighted by molar-refractivity contribution is 6.35. The number of halogens is 2. The minimum absolute atomic E-state index is 0.146. The van der Waals surface area contributed by atoms with Crippen LogP contribution in [0.5, 0.6) is 0 Å². The first-order valence-electron chi connectivity index (χ1n) is 5.48. The van der Waals surface area contributed by atoms with Gasteiger partial charge in [0.25, 0.3) is 0 Å². The summed E-state index contributed by atoms with van der Waals surface area (Å²) in [6.45, 7) is 0.441. The van der Waals surface area contributed by atoms with E-state index in [9.17, 15) is 0 Å². The maximum absolute atomic E-state index is 6.06. The van der Waals surface area contributed by atoms with Crippen molar-refractivity contribution < 1.29 is 4.74 Å². The van der Waals surface area contributed by atoms with E-state index in [1.807, 2.05) is 18.2 Å². The molecule has 2 rings (SSSR count). The van der Waals surface area contributed by atoms with Gasteiger partial charge in [0.1, 0.15) is 0 Å². The molecule has 0 bridgehead atoms. The van der Waals surface area contributed by atoms with Gasteiger partial charge in [0.2, 0.25) is 0 Å². The number of hydrogen-bond donors (Lipinski definition) is 1. The Morgan fingerprint density at radius 1 is 1.25 bits per heavy atom. The smallest absolute Gasteiger partial charge is 0.0750 e. The molecule has 1 aromatic rings. The van der Waals surface area contributed by atoms with Crippen LogP contribution in [0.1, 0.15) is 24.8 Å². The summed E-state index contributed by atoms with van der Waals surface area (Å²) in [5.74, 6) is 0. The Morgan fingerprint density at radius 3 is 2.50 bits per heavy atom. The first-order valence-corrected chi connectivity index (χ1v) is 6.24. The number of rotatable bonds is 3. The van der Waals surface area contributed by atoms with E-state index >= 15 is 0 Å². The van der Waals surface area contributed by atoms with Crippen LogP contribution in [0.3, 0.4) is 0 Å². The van der Waals surface area contributed by atoms with Crippen LogP contribution in [0.25, 0.3) is 0 Å². The summed E-state index contributed by atoms with van der Waals surface area (Å²) in [6, 6.07) is 5.62. The number of benzene rings is 1. The second-order valence-electron chi connectivity index (χ2n) is 4.14. The molecule has 0 radical (unpaired) electrons. The molecular weight excluding hydrogens is 245 g/mol. The largest absolute Gasteiger partial charge is 0.372 e. The van der Waals surface area contributed by atoms with Crippen molar-refractivity contribution in [3.8, 4) is 0 Å². The fourth-order valence-electron chi connectivity index (χ4n) is 2.02. The molecule has 0 saturated heterocycles. The minimum Gasteiger partial charge on any atom is -0.372 e. The van der Waals surface area contributed by atoms with E-state index in [1.54, 1.807) is 0 Å². The van der Waals surface area contributed by atoms with Crippen molar-refractivity contribution >= 4 is 23.2 Å². The molecule has 1 fully saturated rings. The highest BCUT2D eigenvalue weighted by atomic mass is 35.5. The number of ether oxygens (including phenoxy) is 1. The van der Waals surface area contributed by atoms with Crippen LogP contribution in [0.4, 0.5) is 0 Å². The fourth-order valence-corrected chi connectivity index (χ4v) is 2.53. The molecule has 0 spiro atoms. The molecule has 1 aliphatic carbocycles. The molecule has 2 nitrogen and oxygen atoms in total. The first-order chi connectivity index (χ1) is 7.68. The fraction of sp³-hybridized carbons (Fsp3) is 0.500. The molecule has 0 heterocycles. The van der Waals surface area contributed by atoms with Crippen LogP contribution in [0.2, 0.25) is 10.0 Å². The van der Waals surface area contributed by atoms with Gasteiger partial charge in [-0.1, -0.05) is 29.3 Å². The summed E-state index contributed by atoms with van der Waals surface area (Å²) in [7, 11) is 0. The molecule has 0 aliphatic heterocycles. The summed E-state index contributed by atoms with van der Waals surface area (Å²) in [6.07, 6.45) is 3.36. The Kier molecular flexibility index (Phi) is 4.09. The lowest BCUT2D eigenvalue weighted by molar-refractivity contribution is 0.0358. The highest BCUT2D eigenvalue weighted by Crippen LogP contribution is 2.27. The van der Waals surface area contributed by atoms with Crippen LogP contribution >= 0.6 is 23.2 Å². The first kappa shape index (κ1) is 12.2. The lowest BCUT2D eigenvalue weighted by atomic mass is 10.2. The molecule has 1 aliphatic rings. The van der Waals surface area contributed by atoms with Crippen LogP contribution in [-0.4, -0.2) is 12.1 Å². The Bertz CT molecular complexity index is 350. The summed E-state index contributed by atoms with van der Waals surface area (Å²) in [5.41, 5.74) is 6.78. The third-order valence-electron chi connectivity index (χ3n) is 3.01. The average molecular weight is 260 g/mol. The second kappa shape index (κ2) is 5.37. The zero-order chi connectivity index (χ0) is 11.5. The van der Waals surface area contributed by atoms with Gasteiger partial charge in [0.05, 0.1) is 12.7 Å². The van der Waals surface area contributed by atoms with Gasteiger partial charge in [-0.2, -0.15) is 0 Å². The zero-order valence-corrected chi connectivity index (χ0v) is 10.5. The van der Waals surface area contributed by atoms with E-state index in [0.29, 0.717) is 16.7 Å². The predicted octanol–water partition coefficient (Wildman–Crippen LogP) is 3.39. The molecule has 2 N–H and O–H groups in total. The molecule has 1 saturated carbocycles. The molecule has 2 unspecified atom stereocenters. The predicted molar refractivity (Wildman–Crippen MR) is 66.9 cm³/mol. The minimum atomic E-state index is 0.146. The van der Waals surface area contributed by atoms with E-state index in [2.05, 4.69) is 0 Å². The lowest BCUT2D eigenvalue weighted by Gasteiger charge is -2.17. The highest BCUT2D eigenvalue weighted by Gasteiger charge is 2.24. The van der Waals surface area contributed by atoms with Crippen LogP contribution < -0.4 is 5.73 Å². The van der Waals surface area contributed by atoms with E-state index in [4.69, 9.17) is 33.7 Å². The normalized spacial score (nSPS) is 24.9. The standard InChI is InChI=1S/C12H15Cl2NO/c13-9-3-1-4-10(14)8(9)7-16-12-6-2-5-11(12)15/h1,3-4,11-12H,2,5-7,15H2. The molecule has 0 amide bonds. The maximum Gasteiger partial charge on any atom is 0.0750 e. The molecule has 0 aromatic heterocycles. The Hall–Kier alpha value is -0.280. The summed E-state index contributed by atoms with van der Waals surface area (Å²) < 4.78 is 5.77. The summed E-state index contributed by atoms with van der Waals surface area (Å²) >= 11 is 12.1. The van der Waals surface area contributed by atoms with Crippen LogP contribution in [0.15, 0.2) is 18.2 Å². The van der Waals surface area contributed by atoms with Crippen molar-refractivity contribution in [2.75, 3.05) is 0 Å². The molecule has 1 aromatic carbocycles. The number of nitrogens with two attached hydrogens (primary N) is 1. The van der Waals surface area contributed by atoms with Crippen molar-refractivity contribution in [1.82, 2.24) is 0 Å². The van der Waals surface area contributed by atoms with E-state index in [-0.39, 0.29) is 12.1 Å². The van der Waals surface area contributed by atoms with Crippen LogP contribution in [-0.2, 0) is 11.3 Å². The van der Waals surface area contributed by atoms with Gasteiger partial charge in [0, 0.05) is 21.7 Å². The van der Waals surface area contributed by atoms with Gasteiger partial charge in [-0.25, -0.2) is 0 Å². The van der Waals surface area contributed by atoms with Crippen molar-refractivity contribution in [2.45, 2.75) is 38.0 Å². The Labute approximate surface area is 106 Å². The third kappa shape index (κ3) is 2.69. The Balaban J connectivity index is 1.99. The summed E-state index contributed by atoms with van der Waals surface area (Å²) in [5, 5.41) is 1.30. The van der Waals surface area contributed by atoms with Gasteiger partial charge in [0.15, 0.2) is 0 Å². The van der Waals surface area contributed by atoms with Gasteiger partial charge in [-0.05, 0) is 31.4 Å². The van der Waals surface area contributed by atoms with E-state index in [0.717, 1.165) is 24.8 Å². The molecule has 88 valence electrons. The van der Waals surface area contributed by atoms with Gasteiger partial charge < -0.3 is 10.5 Å². The zero-order valence-electron chi connectivity index (χ0n) is 8.96. The van der Waals surface area contributed by atoms with E-state index in [1.165, 1.54) is 0 Å². The topological polar surface area (TPSA) is 35.2 Å².